The van der Waals surface area contributed by atoms with Crippen molar-refractivity contribution in [2.75, 3.05) is 7.11 Å². The summed E-state index contributed by atoms with van der Waals surface area (Å²) < 4.78 is 4.86. The second kappa shape index (κ2) is 6.61. The third-order valence-electron chi connectivity index (χ3n) is 4.29. The van der Waals surface area contributed by atoms with Crippen LogP contribution in [-0.4, -0.2) is 18.9 Å². The summed E-state index contributed by atoms with van der Waals surface area (Å²) in [6, 6.07) is 19.5. The third kappa shape index (κ3) is 3.09. The molecule has 1 aliphatic rings. The first kappa shape index (κ1) is 15.2. The van der Waals surface area contributed by atoms with E-state index in [1.165, 1.54) is 7.11 Å². The summed E-state index contributed by atoms with van der Waals surface area (Å²) in [5, 5.41) is 0. The maximum atomic E-state index is 12.6. The van der Waals surface area contributed by atoms with Crippen LogP contribution in [0.15, 0.2) is 66.7 Å². The lowest BCUT2D eigenvalue weighted by molar-refractivity contribution is -0.149. The van der Waals surface area contributed by atoms with E-state index in [-0.39, 0.29) is 11.7 Å². The average Bonchev–Trinajstić information content (AvgIpc) is 2.62. The molecule has 1 aliphatic carbocycles. The van der Waals surface area contributed by atoms with E-state index in [1.54, 1.807) is 6.08 Å². The molecule has 0 bridgehead atoms. The number of methoxy groups -OCH3 is 1. The Labute approximate surface area is 135 Å². The largest absolute Gasteiger partial charge is 0.468 e. The van der Waals surface area contributed by atoms with Crippen molar-refractivity contribution in [3.8, 4) is 0 Å². The Hall–Kier alpha value is -2.68. The van der Waals surface area contributed by atoms with Gasteiger partial charge in [0.05, 0.1) is 7.11 Å². The van der Waals surface area contributed by atoms with E-state index < -0.39 is 11.9 Å². The van der Waals surface area contributed by atoms with Crippen molar-refractivity contribution in [2.24, 2.45) is 5.92 Å². The van der Waals surface area contributed by atoms with Crippen LogP contribution in [0, 0.1) is 5.92 Å². The number of carbonyl (C=O) groups is 2. The lowest BCUT2D eigenvalue weighted by atomic mass is 9.73. The summed E-state index contributed by atoms with van der Waals surface area (Å²) in [5.74, 6) is -1.62. The van der Waals surface area contributed by atoms with Crippen molar-refractivity contribution in [1.29, 1.82) is 0 Å². The van der Waals surface area contributed by atoms with Crippen LogP contribution in [0.4, 0.5) is 0 Å². The topological polar surface area (TPSA) is 43.4 Å². The van der Waals surface area contributed by atoms with E-state index in [9.17, 15) is 9.59 Å². The molecule has 0 saturated carbocycles. The molecule has 0 saturated heterocycles. The van der Waals surface area contributed by atoms with Gasteiger partial charge in [0.25, 0.3) is 0 Å². The Morgan fingerprint density at radius 3 is 2.22 bits per heavy atom. The van der Waals surface area contributed by atoms with E-state index in [2.05, 4.69) is 0 Å². The second-order valence-electron chi connectivity index (χ2n) is 5.66. The van der Waals surface area contributed by atoms with E-state index >= 15 is 0 Å². The van der Waals surface area contributed by atoms with Crippen molar-refractivity contribution >= 4 is 17.3 Å². The number of ketones is 1. The Balaban J connectivity index is 2.03. The molecule has 3 heteroatoms. The molecule has 2 atom stereocenters. The summed E-state index contributed by atoms with van der Waals surface area (Å²) in [4.78, 5) is 24.7. The minimum Gasteiger partial charge on any atom is -0.468 e. The van der Waals surface area contributed by atoms with E-state index in [4.69, 9.17) is 4.74 Å². The zero-order valence-corrected chi connectivity index (χ0v) is 12.9. The molecule has 0 spiro atoms. The molecule has 3 rings (SSSR count). The van der Waals surface area contributed by atoms with E-state index in [0.717, 1.165) is 16.7 Å². The lowest BCUT2D eigenvalue weighted by Gasteiger charge is -2.29. The standard InChI is InChI=1S/C20H18O3/c1-23-20(22)19-17(15-10-6-3-7-11-15)12-16(13-18(19)21)14-8-4-2-5-9-14/h2-11,13,17,19H,12H2,1H3. The molecule has 0 aliphatic heterocycles. The molecule has 0 radical (unpaired) electrons. The Morgan fingerprint density at radius 2 is 1.61 bits per heavy atom. The van der Waals surface area contributed by atoms with Crippen LogP contribution in [0.3, 0.4) is 0 Å². The predicted molar refractivity (Wildman–Crippen MR) is 88.7 cm³/mol. The molecule has 3 nitrogen and oxygen atoms in total. The highest BCUT2D eigenvalue weighted by Crippen LogP contribution is 2.40. The molecule has 2 aromatic rings. The second-order valence-corrected chi connectivity index (χ2v) is 5.66. The Kier molecular flexibility index (Phi) is 4.38. The summed E-state index contributed by atoms with van der Waals surface area (Å²) in [7, 11) is 1.33. The van der Waals surface area contributed by atoms with Gasteiger partial charge in [-0.2, -0.15) is 0 Å². The van der Waals surface area contributed by atoms with Gasteiger partial charge in [-0.1, -0.05) is 60.7 Å². The highest BCUT2D eigenvalue weighted by atomic mass is 16.5. The van der Waals surface area contributed by atoms with Gasteiger partial charge in [-0.15, -0.1) is 0 Å². The fourth-order valence-corrected chi connectivity index (χ4v) is 3.14. The SMILES string of the molecule is COC(=O)C1C(=O)C=C(c2ccccc2)CC1c1ccccc1. The minimum atomic E-state index is -0.769. The third-order valence-corrected chi connectivity index (χ3v) is 4.29. The number of ether oxygens (including phenoxy) is 1. The van der Waals surface area contributed by atoms with Crippen LogP contribution < -0.4 is 0 Å². The molecule has 116 valence electrons. The van der Waals surface area contributed by atoms with Crippen LogP contribution in [0.25, 0.3) is 5.57 Å². The highest BCUT2D eigenvalue weighted by molar-refractivity contribution is 6.10. The molecule has 0 fully saturated rings. The number of esters is 1. The number of hydrogen-bond acceptors (Lipinski definition) is 3. The molecule has 0 heterocycles. The number of carbonyl (C=O) groups excluding carboxylic acids is 2. The maximum absolute atomic E-state index is 12.6. The number of benzene rings is 2. The number of allylic oxidation sites excluding steroid dienone is 2. The zero-order valence-electron chi connectivity index (χ0n) is 12.9. The lowest BCUT2D eigenvalue weighted by Crippen LogP contribution is -2.33. The minimum absolute atomic E-state index is 0.184. The summed E-state index contributed by atoms with van der Waals surface area (Å²) in [6.45, 7) is 0. The number of hydrogen-bond donors (Lipinski definition) is 0. The molecule has 0 N–H and O–H groups in total. The van der Waals surface area contributed by atoms with Crippen LogP contribution in [-0.2, 0) is 14.3 Å². The average molecular weight is 306 g/mol. The summed E-state index contributed by atoms with van der Waals surface area (Å²) in [6.07, 6.45) is 2.23. The van der Waals surface area contributed by atoms with Gasteiger partial charge in [0.15, 0.2) is 5.78 Å². The highest BCUT2D eigenvalue weighted by Gasteiger charge is 2.39. The first-order valence-corrected chi connectivity index (χ1v) is 7.63. The monoisotopic (exact) mass is 306 g/mol. The first-order chi connectivity index (χ1) is 11.2. The molecule has 0 aromatic heterocycles. The van der Waals surface area contributed by atoms with Crippen LogP contribution in [0.5, 0.6) is 0 Å². The van der Waals surface area contributed by atoms with Gasteiger partial charge in [-0.25, -0.2) is 0 Å². The smallest absolute Gasteiger partial charge is 0.317 e. The van der Waals surface area contributed by atoms with Crippen molar-refractivity contribution in [3.63, 3.8) is 0 Å². The normalized spacial score (nSPS) is 20.7. The summed E-state index contributed by atoms with van der Waals surface area (Å²) >= 11 is 0. The molecule has 23 heavy (non-hydrogen) atoms. The van der Waals surface area contributed by atoms with Gasteiger partial charge < -0.3 is 4.74 Å². The Morgan fingerprint density at radius 1 is 1.00 bits per heavy atom. The van der Waals surface area contributed by atoms with Crippen molar-refractivity contribution in [3.05, 3.63) is 77.9 Å². The first-order valence-electron chi connectivity index (χ1n) is 7.63. The molecular formula is C20H18O3. The van der Waals surface area contributed by atoms with Gasteiger partial charge in [0, 0.05) is 5.92 Å². The van der Waals surface area contributed by atoms with Gasteiger partial charge in [-0.05, 0) is 29.2 Å². The van der Waals surface area contributed by atoms with Crippen LogP contribution >= 0.6 is 0 Å². The van der Waals surface area contributed by atoms with E-state index in [1.807, 2.05) is 60.7 Å². The fraction of sp³-hybridized carbons (Fsp3) is 0.200. The molecule has 2 unspecified atom stereocenters. The number of rotatable bonds is 3. The van der Waals surface area contributed by atoms with Crippen molar-refractivity contribution in [2.45, 2.75) is 12.3 Å². The van der Waals surface area contributed by atoms with Gasteiger partial charge in [-0.3, -0.25) is 9.59 Å². The van der Waals surface area contributed by atoms with Crippen molar-refractivity contribution in [1.82, 2.24) is 0 Å². The fourth-order valence-electron chi connectivity index (χ4n) is 3.14. The van der Waals surface area contributed by atoms with Crippen molar-refractivity contribution < 1.29 is 14.3 Å². The Bertz CT molecular complexity index is 732. The van der Waals surface area contributed by atoms with Crippen LogP contribution in [0.2, 0.25) is 0 Å². The maximum Gasteiger partial charge on any atom is 0.317 e. The molecule has 0 amide bonds. The van der Waals surface area contributed by atoms with E-state index in [0.29, 0.717) is 6.42 Å². The van der Waals surface area contributed by atoms with Gasteiger partial charge >= 0.3 is 5.97 Å². The predicted octanol–water partition coefficient (Wildman–Crippen LogP) is 3.62. The van der Waals surface area contributed by atoms with Gasteiger partial charge in [0.1, 0.15) is 5.92 Å². The zero-order chi connectivity index (χ0) is 16.2. The van der Waals surface area contributed by atoms with Gasteiger partial charge in [0.2, 0.25) is 0 Å². The quantitative estimate of drug-likeness (QED) is 0.642. The van der Waals surface area contributed by atoms with Crippen LogP contribution in [0.1, 0.15) is 23.5 Å². The molecule has 2 aromatic carbocycles. The molecular weight excluding hydrogens is 288 g/mol. The summed E-state index contributed by atoms with van der Waals surface area (Å²) in [5.41, 5.74) is 2.97.